The van der Waals surface area contributed by atoms with Gasteiger partial charge in [0.05, 0.1) is 0 Å². The molecule has 0 bridgehead atoms. The molecule has 0 aromatic heterocycles. The van der Waals surface area contributed by atoms with Gasteiger partial charge in [0.25, 0.3) is 0 Å². The van der Waals surface area contributed by atoms with Gasteiger partial charge in [0.15, 0.2) is 0 Å². The molecule has 0 amide bonds. The van der Waals surface area contributed by atoms with Crippen LogP contribution in [0.3, 0.4) is 0 Å². The quantitative estimate of drug-likeness (QED) is 0.530. The number of rotatable bonds is 0. The summed E-state index contributed by atoms with van der Waals surface area (Å²) in [7, 11) is 4.17. The minimum Gasteiger partial charge on any atom is -0.357 e. The van der Waals surface area contributed by atoms with E-state index in [-0.39, 0.29) is 5.66 Å². The summed E-state index contributed by atoms with van der Waals surface area (Å²) < 4.78 is 0. The molecule has 0 atom stereocenters. The van der Waals surface area contributed by atoms with E-state index in [1.165, 1.54) is 0 Å². The van der Waals surface area contributed by atoms with Gasteiger partial charge >= 0.3 is 0 Å². The van der Waals surface area contributed by atoms with Crippen molar-refractivity contribution < 1.29 is 0 Å². The highest BCUT2D eigenvalue weighted by Crippen LogP contribution is 2.22. The van der Waals surface area contributed by atoms with E-state index >= 15 is 0 Å². The zero-order chi connectivity index (χ0) is 9.07. The van der Waals surface area contributed by atoms with E-state index in [0.717, 1.165) is 0 Å². The zero-order valence-corrected chi connectivity index (χ0v) is 8.55. The normalized spacial score (nSPS) is 19.8. The van der Waals surface area contributed by atoms with Gasteiger partial charge in [0.1, 0.15) is 5.66 Å². The molecule has 66 valence electrons. The topological polar surface area (TPSA) is 6.48 Å². The van der Waals surface area contributed by atoms with Gasteiger partial charge in [-0.3, -0.25) is 0 Å². The fourth-order valence-electron chi connectivity index (χ4n) is 0.814. The van der Waals surface area contributed by atoms with E-state index in [4.69, 9.17) is 0 Å². The average Bonchev–Trinajstić information content (AvgIpc) is 2.21. The molecule has 0 aliphatic carbocycles. The lowest BCUT2D eigenvalue weighted by molar-refractivity contribution is 0.105. The van der Waals surface area contributed by atoms with Crippen LogP contribution in [0.2, 0.25) is 0 Å². The summed E-state index contributed by atoms with van der Waals surface area (Å²) in [6.45, 7) is 8.38. The van der Waals surface area contributed by atoms with E-state index in [1.54, 1.807) is 0 Å². The van der Waals surface area contributed by atoms with E-state index in [9.17, 15) is 0 Å². The van der Waals surface area contributed by atoms with Crippen LogP contribution < -0.4 is 0 Å². The monoisotopic (exact) mass is 156 g/mol. The molecule has 0 aromatic carbocycles. The summed E-state index contributed by atoms with van der Waals surface area (Å²) in [6, 6.07) is 0. The van der Waals surface area contributed by atoms with Crippen molar-refractivity contribution in [3.8, 4) is 0 Å². The van der Waals surface area contributed by atoms with Crippen LogP contribution in [0.15, 0.2) is 12.4 Å². The molecule has 1 rings (SSSR count). The maximum atomic E-state index is 2.19. The molecule has 11 heavy (non-hydrogen) atoms. The third-order valence-corrected chi connectivity index (χ3v) is 2.24. The molecule has 2 nitrogen and oxygen atoms in total. The first-order valence-corrected chi connectivity index (χ1v) is 4.19. The van der Waals surface area contributed by atoms with Crippen molar-refractivity contribution in [1.29, 1.82) is 0 Å². The van der Waals surface area contributed by atoms with Crippen molar-refractivity contribution >= 4 is 0 Å². The van der Waals surface area contributed by atoms with Crippen LogP contribution in [0.5, 0.6) is 0 Å². The summed E-state index contributed by atoms with van der Waals surface area (Å²) in [6.07, 6.45) is 4.17. The predicted molar refractivity (Wildman–Crippen MR) is 50.1 cm³/mol. The number of hydrogen-bond donors (Lipinski definition) is 0. The van der Waals surface area contributed by atoms with E-state index in [1.807, 2.05) is 13.8 Å². The Morgan fingerprint density at radius 1 is 0.909 bits per heavy atom. The van der Waals surface area contributed by atoms with Gasteiger partial charge < -0.3 is 9.80 Å². The molecule has 1 heterocycles. The molecule has 2 heteroatoms. The summed E-state index contributed by atoms with van der Waals surface area (Å²) >= 11 is 0. The molecule has 1 aliphatic heterocycles. The molecular weight excluding hydrogens is 136 g/mol. The van der Waals surface area contributed by atoms with Gasteiger partial charge in [0.2, 0.25) is 0 Å². The van der Waals surface area contributed by atoms with Crippen molar-refractivity contribution in [1.82, 2.24) is 9.80 Å². The van der Waals surface area contributed by atoms with E-state index in [2.05, 4.69) is 50.1 Å². The Morgan fingerprint density at radius 2 is 1.18 bits per heavy atom. The molecular formula is C9H20N2. The zero-order valence-electron chi connectivity index (χ0n) is 8.55. The highest BCUT2D eigenvalue weighted by molar-refractivity contribution is 4.99. The first kappa shape index (κ1) is 10.3. The highest BCUT2D eigenvalue weighted by Gasteiger charge is 2.28. The van der Waals surface area contributed by atoms with Crippen molar-refractivity contribution in [3.05, 3.63) is 12.4 Å². The molecule has 0 radical (unpaired) electrons. The van der Waals surface area contributed by atoms with Crippen molar-refractivity contribution in [3.63, 3.8) is 0 Å². The second-order valence-corrected chi connectivity index (χ2v) is 3.01. The van der Waals surface area contributed by atoms with Crippen LogP contribution in [-0.2, 0) is 0 Å². The second-order valence-electron chi connectivity index (χ2n) is 3.01. The molecule has 0 saturated heterocycles. The number of nitrogens with zero attached hydrogens (tertiary/aromatic N) is 2. The molecule has 0 fully saturated rings. The van der Waals surface area contributed by atoms with Gasteiger partial charge in [-0.1, -0.05) is 13.8 Å². The minimum atomic E-state index is 0.167. The lowest BCUT2D eigenvalue weighted by Gasteiger charge is -2.35. The summed E-state index contributed by atoms with van der Waals surface area (Å²) in [4.78, 5) is 4.38. The van der Waals surface area contributed by atoms with Gasteiger partial charge in [-0.05, 0) is 13.8 Å². The summed E-state index contributed by atoms with van der Waals surface area (Å²) in [5.74, 6) is 0. The van der Waals surface area contributed by atoms with Gasteiger partial charge in [-0.15, -0.1) is 0 Å². The third-order valence-electron chi connectivity index (χ3n) is 2.24. The Balaban J connectivity index is 0.000000461. The largest absolute Gasteiger partial charge is 0.357 e. The Morgan fingerprint density at radius 3 is 1.27 bits per heavy atom. The van der Waals surface area contributed by atoms with Crippen LogP contribution in [0.4, 0.5) is 0 Å². The fraction of sp³-hybridized carbons (Fsp3) is 0.778. The third kappa shape index (κ3) is 1.88. The molecule has 0 unspecified atom stereocenters. The van der Waals surface area contributed by atoms with Crippen LogP contribution in [0.25, 0.3) is 0 Å². The molecule has 1 aliphatic rings. The first-order valence-electron chi connectivity index (χ1n) is 4.19. The Bertz CT molecular complexity index is 124. The Hall–Kier alpha value is -0.660. The standard InChI is InChI=1S/C7H14N2.C2H6/c1-7(2)8(3)5-6-9(7)4;1-2/h5-6H,1-4H3;1-2H3. The van der Waals surface area contributed by atoms with Gasteiger partial charge in [-0.25, -0.2) is 0 Å². The summed E-state index contributed by atoms with van der Waals surface area (Å²) in [5.41, 5.74) is 0.167. The van der Waals surface area contributed by atoms with Crippen molar-refractivity contribution in [2.24, 2.45) is 0 Å². The van der Waals surface area contributed by atoms with Crippen LogP contribution >= 0.6 is 0 Å². The Kier molecular flexibility index (Phi) is 3.43. The molecule has 0 saturated carbocycles. The summed E-state index contributed by atoms with van der Waals surface area (Å²) in [5, 5.41) is 0. The van der Waals surface area contributed by atoms with Gasteiger partial charge in [-0.2, -0.15) is 0 Å². The lowest BCUT2D eigenvalue weighted by atomic mass is 10.2. The highest BCUT2D eigenvalue weighted by atomic mass is 15.4. The number of hydrogen-bond acceptors (Lipinski definition) is 2. The lowest BCUT2D eigenvalue weighted by Crippen LogP contribution is -2.44. The van der Waals surface area contributed by atoms with Crippen LogP contribution in [-0.4, -0.2) is 29.6 Å². The Labute approximate surface area is 70.5 Å². The molecule has 0 N–H and O–H groups in total. The molecule has 0 aromatic rings. The average molecular weight is 156 g/mol. The van der Waals surface area contributed by atoms with Crippen LogP contribution in [0, 0.1) is 0 Å². The van der Waals surface area contributed by atoms with Crippen LogP contribution in [0.1, 0.15) is 27.7 Å². The van der Waals surface area contributed by atoms with Crippen molar-refractivity contribution in [2.45, 2.75) is 33.4 Å². The maximum absolute atomic E-state index is 2.19. The fourth-order valence-corrected chi connectivity index (χ4v) is 0.814. The first-order chi connectivity index (χ1) is 5.05. The van der Waals surface area contributed by atoms with Crippen molar-refractivity contribution in [2.75, 3.05) is 14.1 Å². The van der Waals surface area contributed by atoms with E-state index in [0.29, 0.717) is 0 Å². The predicted octanol–water partition coefficient (Wildman–Crippen LogP) is 2.10. The minimum absolute atomic E-state index is 0.167. The van der Waals surface area contributed by atoms with Gasteiger partial charge in [0, 0.05) is 26.5 Å². The maximum Gasteiger partial charge on any atom is 0.105 e. The smallest absolute Gasteiger partial charge is 0.105 e. The SMILES string of the molecule is CC.CN1C=CN(C)C1(C)C. The second kappa shape index (κ2) is 3.65. The van der Waals surface area contributed by atoms with E-state index < -0.39 is 0 Å². The molecule has 0 spiro atoms.